The molecule has 16 heteroatoms. The van der Waals surface area contributed by atoms with Crippen LogP contribution in [0.5, 0.6) is 0 Å². The number of phosphoric ester groups is 2. The van der Waals surface area contributed by atoms with Crippen LogP contribution in [0.4, 0.5) is 5.82 Å². The highest BCUT2D eigenvalue weighted by Gasteiger charge is 2.49. The van der Waals surface area contributed by atoms with Gasteiger partial charge in [0.1, 0.15) is 36.1 Å². The van der Waals surface area contributed by atoms with Crippen molar-refractivity contribution in [3.05, 3.63) is 18.6 Å². The molecule has 4 atom stereocenters. The van der Waals surface area contributed by atoms with E-state index in [0.717, 1.165) is 0 Å². The molecule has 0 spiro atoms. The summed E-state index contributed by atoms with van der Waals surface area (Å²) in [5, 5.41) is 10.9. The van der Waals surface area contributed by atoms with E-state index in [2.05, 4.69) is 19.0 Å². The number of hydrogen-bond donors (Lipinski definition) is 6. The molecule has 3 heterocycles. The molecule has 2 aromatic heterocycles. The first-order chi connectivity index (χ1) is 12.5. The van der Waals surface area contributed by atoms with Crippen LogP contribution in [-0.2, 0) is 22.9 Å². The molecule has 0 saturated carbocycles. The Bertz CT molecular complexity index is 925. The van der Waals surface area contributed by atoms with E-state index in [-0.39, 0.29) is 11.5 Å². The lowest BCUT2D eigenvalue weighted by molar-refractivity contribution is -0.0499. The first-order valence-electron chi connectivity index (χ1n) is 7.31. The SMILES string of the molecule is Nc1ncnc2c1ccn2[C@@H]1O[C@H](COP(=O)(O)O)[C@@H](OP(=O)(O)O)[C@H]1O. The molecule has 14 nitrogen and oxygen atoms in total. The van der Waals surface area contributed by atoms with Crippen LogP contribution < -0.4 is 5.73 Å². The van der Waals surface area contributed by atoms with Crippen LogP contribution in [0.1, 0.15) is 6.23 Å². The average Bonchev–Trinajstić information content (AvgIpc) is 3.07. The predicted octanol–water partition coefficient (Wildman–Crippen LogP) is -1.14. The Balaban J connectivity index is 1.93. The second-order valence-electron chi connectivity index (χ2n) is 5.62. The van der Waals surface area contributed by atoms with Crippen LogP contribution >= 0.6 is 15.6 Å². The van der Waals surface area contributed by atoms with Crippen LogP contribution in [0.15, 0.2) is 18.6 Å². The zero-order valence-corrected chi connectivity index (χ0v) is 15.1. The van der Waals surface area contributed by atoms with Crippen LogP contribution in [0.3, 0.4) is 0 Å². The number of nitrogens with two attached hydrogens (primary N) is 1. The van der Waals surface area contributed by atoms with E-state index in [1.165, 1.54) is 17.1 Å². The third kappa shape index (κ3) is 4.52. The van der Waals surface area contributed by atoms with Crippen molar-refractivity contribution >= 4 is 32.5 Å². The average molecular weight is 426 g/mol. The first-order valence-corrected chi connectivity index (χ1v) is 10.4. The second-order valence-corrected chi connectivity index (χ2v) is 8.05. The Morgan fingerprint density at radius 2 is 1.93 bits per heavy atom. The summed E-state index contributed by atoms with van der Waals surface area (Å²) in [5.41, 5.74) is 6.00. The lowest BCUT2D eigenvalue weighted by Crippen LogP contribution is -2.35. The lowest BCUT2D eigenvalue weighted by Gasteiger charge is -2.21. The summed E-state index contributed by atoms with van der Waals surface area (Å²) in [6.07, 6.45) is -3.30. The van der Waals surface area contributed by atoms with Crippen molar-refractivity contribution < 1.29 is 47.6 Å². The quantitative estimate of drug-likeness (QED) is 0.301. The Kier molecular flexibility index (Phi) is 5.40. The molecule has 0 unspecified atom stereocenters. The summed E-state index contributed by atoms with van der Waals surface area (Å²) < 4.78 is 37.8. The van der Waals surface area contributed by atoms with Crippen molar-refractivity contribution in [3.8, 4) is 0 Å². The first kappa shape index (κ1) is 20.3. The predicted molar refractivity (Wildman–Crippen MR) is 86.8 cm³/mol. The van der Waals surface area contributed by atoms with Crippen LogP contribution in [0.25, 0.3) is 11.0 Å². The molecule has 150 valence electrons. The standard InChI is InChI=1S/C11H16N4O10P2/c12-9-5-1-2-15(10(5)14-4-13-9)11-7(16)8(25-27(20,21)22)6(24-11)3-23-26(17,18)19/h1-2,4,6-8,11,16H,3H2,(H2,12,13,14)(H2,17,18,19)(H2,20,21,22)/t6-,7-,8-,11-/m1/s1. The maximum Gasteiger partial charge on any atom is 0.470 e. The third-order valence-electron chi connectivity index (χ3n) is 3.79. The maximum atomic E-state index is 11.2. The molecule has 7 N–H and O–H groups in total. The van der Waals surface area contributed by atoms with Gasteiger partial charge in [0.2, 0.25) is 0 Å². The van der Waals surface area contributed by atoms with E-state index in [1.54, 1.807) is 6.07 Å². The number of aliphatic hydroxyl groups is 1. The number of nitrogen functional groups attached to an aromatic ring is 1. The number of fused-ring (bicyclic) bond motifs is 1. The van der Waals surface area contributed by atoms with Gasteiger partial charge >= 0.3 is 15.6 Å². The number of hydrogen-bond acceptors (Lipinski definition) is 9. The number of nitrogens with zero attached hydrogens (tertiary/aromatic N) is 3. The molecule has 3 rings (SSSR count). The summed E-state index contributed by atoms with van der Waals surface area (Å²) in [6.45, 7) is -0.793. The zero-order valence-electron chi connectivity index (χ0n) is 13.3. The van der Waals surface area contributed by atoms with Crippen molar-refractivity contribution in [1.29, 1.82) is 0 Å². The van der Waals surface area contributed by atoms with E-state index in [4.69, 9.17) is 30.0 Å². The molecule has 27 heavy (non-hydrogen) atoms. The summed E-state index contributed by atoms with van der Waals surface area (Å²) in [4.78, 5) is 43.6. The van der Waals surface area contributed by atoms with Gasteiger partial charge in [0.25, 0.3) is 0 Å². The van der Waals surface area contributed by atoms with Gasteiger partial charge in [-0.3, -0.25) is 9.05 Å². The molecule has 2 aromatic rings. The molecule has 0 radical (unpaired) electrons. The second kappa shape index (κ2) is 7.18. The van der Waals surface area contributed by atoms with Crippen molar-refractivity contribution in [2.75, 3.05) is 12.3 Å². The van der Waals surface area contributed by atoms with E-state index in [1.807, 2.05) is 0 Å². The largest absolute Gasteiger partial charge is 0.470 e. The van der Waals surface area contributed by atoms with Gasteiger partial charge in [0.05, 0.1) is 12.0 Å². The molecule has 1 aliphatic rings. The molecule has 1 saturated heterocycles. The number of phosphoric acid groups is 2. The molecule has 0 amide bonds. The maximum absolute atomic E-state index is 11.2. The van der Waals surface area contributed by atoms with Gasteiger partial charge in [-0.2, -0.15) is 0 Å². The fourth-order valence-corrected chi connectivity index (χ4v) is 3.66. The van der Waals surface area contributed by atoms with Crippen molar-refractivity contribution in [3.63, 3.8) is 0 Å². The molecule has 0 bridgehead atoms. The Morgan fingerprint density at radius 3 is 2.56 bits per heavy atom. The van der Waals surface area contributed by atoms with E-state index < -0.39 is 46.8 Å². The number of aliphatic hydroxyl groups excluding tert-OH is 1. The minimum absolute atomic E-state index is 0.163. The van der Waals surface area contributed by atoms with E-state index in [0.29, 0.717) is 5.39 Å². The van der Waals surface area contributed by atoms with Crippen LogP contribution in [-0.4, -0.2) is 64.1 Å². The van der Waals surface area contributed by atoms with Crippen LogP contribution in [0.2, 0.25) is 0 Å². The number of anilines is 1. The highest BCUT2D eigenvalue weighted by Crippen LogP contribution is 2.45. The van der Waals surface area contributed by atoms with Gasteiger partial charge in [0.15, 0.2) is 6.23 Å². The molecule has 1 aliphatic heterocycles. The van der Waals surface area contributed by atoms with Gasteiger partial charge in [-0.25, -0.2) is 19.1 Å². The summed E-state index contributed by atoms with van der Waals surface area (Å²) in [6, 6.07) is 1.54. The van der Waals surface area contributed by atoms with Gasteiger partial charge in [-0.15, -0.1) is 0 Å². The monoisotopic (exact) mass is 426 g/mol. The molecule has 1 fully saturated rings. The minimum Gasteiger partial charge on any atom is -0.386 e. The van der Waals surface area contributed by atoms with Crippen LogP contribution in [0, 0.1) is 0 Å². The van der Waals surface area contributed by atoms with Gasteiger partial charge in [0, 0.05) is 6.20 Å². The topological polar surface area (TPSA) is 220 Å². The lowest BCUT2D eigenvalue weighted by atomic mass is 10.1. The molecular weight excluding hydrogens is 410 g/mol. The Hall–Kier alpha value is -1.44. The zero-order chi connectivity index (χ0) is 20.0. The van der Waals surface area contributed by atoms with Crippen molar-refractivity contribution in [2.45, 2.75) is 24.5 Å². The molecule has 0 aromatic carbocycles. The smallest absolute Gasteiger partial charge is 0.386 e. The third-order valence-corrected chi connectivity index (χ3v) is 4.79. The molecule has 0 aliphatic carbocycles. The molecular formula is C11H16N4O10P2. The van der Waals surface area contributed by atoms with Gasteiger partial charge in [-0.05, 0) is 6.07 Å². The van der Waals surface area contributed by atoms with Gasteiger partial charge in [-0.1, -0.05) is 0 Å². The van der Waals surface area contributed by atoms with E-state index >= 15 is 0 Å². The fourth-order valence-electron chi connectivity index (χ4n) is 2.74. The normalized spacial score (nSPS) is 26.7. The van der Waals surface area contributed by atoms with Crippen molar-refractivity contribution in [2.24, 2.45) is 0 Å². The number of aromatic nitrogens is 3. The summed E-state index contributed by atoms with van der Waals surface area (Å²) >= 11 is 0. The summed E-state index contributed by atoms with van der Waals surface area (Å²) in [7, 11) is -9.95. The Labute approximate surface area is 151 Å². The fraction of sp³-hybridized carbons (Fsp3) is 0.455. The highest BCUT2D eigenvalue weighted by molar-refractivity contribution is 7.46. The number of ether oxygens (including phenoxy) is 1. The van der Waals surface area contributed by atoms with Crippen molar-refractivity contribution in [1.82, 2.24) is 14.5 Å². The number of rotatable bonds is 6. The van der Waals surface area contributed by atoms with Gasteiger partial charge < -0.3 is 39.7 Å². The van der Waals surface area contributed by atoms with E-state index in [9.17, 15) is 14.2 Å². The Morgan fingerprint density at radius 1 is 1.22 bits per heavy atom. The highest BCUT2D eigenvalue weighted by atomic mass is 31.2. The minimum atomic E-state index is -5.06. The summed E-state index contributed by atoms with van der Waals surface area (Å²) in [5.74, 6) is 0.163.